The SMILES string of the molecule is CC1(c2cc(F)c3c(c2)C(=O)N(Cc2ccc(Cl)cc2S(C)(=O)=O)[C@@]3(OCC2(CO[Si](C)(C)C(C)(C)C)CC2)c2ccc(Cl)cc2)CO1. The van der Waals surface area contributed by atoms with Gasteiger partial charge >= 0.3 is 0 Å². The van der Waals surface area contributed by atoms with Crippen molar-refractivity contribution in [3.8, 4) is 0 Å². The van der Waals surface area contributed by atoms with Crippen LogP contribution in [-0.4, -0.2) is 53.6 Å². The number of fused-ring (bicyclic) bond motifs is 1. The molecule has 1 saturated carbocycles. The second-order valence-electron chi connectivity index (χ2n) is 15.3. The first-order valence-corrected chi connectivity index (χ1v) is 21.6. The zero-order chi connectivity index (χ0) is 35.1. The number of halogens is 3. The lowest BCUT2D eigenvalue weighted by atomic mass is 9.89. The molecule has 2 atom stereocenters. The molecular formula is C36H42Cl2FNO6SSi. The Morgan fingerprint density at radius 1 is 0.979 bits per heavy atom. The molecule has 12 heteroatoms. The van der Waals surface area contributed by atoms with Crippen molar-refractivity contribution in [2.75, 3.05) is 26.1 Å². The molecule has 3 aliphatic rings. The van der Waals surface area contributed by atoms with E-state index in [2.05, 4.69) is 33.9 Å². The van der Waals surface area contributed by atoms with Gasteiger partial charge in [-0.2, -0.15) is 0 Å². The smallest absolute Gasteiger partial charge is 0.257 e. The molecular weight excluding hydrogens is 692 g/mol. The van der Waals surface area contributed by atoms with Crippen molar-refractivity contribution in [1.29, 1.82) is 0 Å². The van der Waals surface area contributed by atoms with Crippen LogP contribution in [0.25, 0.3) is 0 Å². The highest BCUT2D eigenvalue weighted by atomic mass is 35.5. The maximum Gasteiger partial charge on any atom is 0.257 e. The molecule has 3 aromatic carbocycles. The number of nitrogens with zero attached hydrogens (tertiary/aromatic N) is 1. The number of carbonyl (C=O) groups is 1. The van der Waals surface area contributed by atoms with Crippen molar-refractivity contribution in [2.45, 2.75) is 81.4 Å². The van der Waals surface area contributed by atoms with E-state index >= 15 is 4.39 Å². The van der Waals surface area contributed by atoms with Crippen LogP contribution in [0.2, 0.25) is 28.2 Å². The fourth-order valence-corrected chi connectivity index (χ4v) is 8.42. The highest BCUT2D eigenvalue weighted by molar-refractivity contribution is 7.90. The summed E-state index contributed by atoms with van der Waals surface area (Å²) in [6.45, 7) is 13.7. The molecule has 0 aromatic heterocycles. The van der Waals surface area contributed by atoms with Gasteiger partial charge in [0.25, 0.3) is 5.91 Å². The summed E-state index contributed by atoms with van der Waals surface area (Å²) in [7, 11) is -5.85. The van der Waals surface area contributed by atoms with Crippen LogP contribution in [0.3, 0.4) is 0 Å². The molecule has 1 aliphatic carbocycles. The van der Waals surface area contributed by atoms with E-state index in [1.165, 1.54) is 17.0 Å². The van der Waals surface area contributed by atoms with Gasteiger partial charge in [-0.25, -0.2) is 12.8 Å². The predicted molar refractivity (Wildman–Crippen MR) is 187 cm³/mol. The zero-order valence-corrected chi connectivity index (χ0v) is 31.7. The molecule has 1 amide bonds. The molecule has 0 radical (unpaired) electrons. The minimum absolute atomic E-state index is 0.0146. The molecule has 0 spiro atoms. The maximum atomic E-state index is 16.8. The number of epoxide rings is 1. The average Bonchev–Trinajstić information content (AvgIpc) is 3.92. The van der Waals surface area contributed by atoms with Crippen LogP contribution < -0.4 is 0 Å². The van der Waals surface area contributed by atoms with Crippen molar-refractivity contribution in [3.63, 3.8) is 0 Å². The molecule has 1 unspecified atom stereocenters. The van der Waals surface area contributed by atoms with Crippen molar-refractivity contribution in [3.05, 3.63) is 98.3 Å². The Bertz CT molecular complexity index is 1890. The molecule has 3 aromatic rings. The number of sulfone groups is 1. The van der Waals surface area contributed by atoms with E-state index in [-0.39, 0.29) is 44.6 Å². The van der Waals surface area contributed by atoms with E-state index in [0.29, 0.717) is 34.9 Å². The molecule has 1 saturated heterocycles. The number of rotatable bonds is 11. The highest BCUT2D eigenvalue weighted by Crippen LogP contribution is 2.54. The first-order valence-electron chi connectivity index (χ1n) is 16.0. The molecule has 6 rings (SSSR count). The molecule has 7 nitrogen and oxygen atoms in total. The lowest BCUT2D eigenvalue weighted by Crippen LogP contribution is -2.48. The third-order valence-electron chi connectivity index (χ3n) is 10.6. The largest absolute Gasteiger partial charge is 0.416 e. The highest BCUT2D eigenvalue weighted by Gasteiger charge is 2.58. The van der Waals surface area contributed by atoms with Crippen LogP contribution in [0.15, 0.2) is 59.5 Å². The molecule has 2 heterocycles. The van der Waals surface area contributed by atoms with Crippen LogP contribution in [0.1, 0.15) is 73.1 Å². The fraction of sp³-hybridized carbons (Fsp3) is 0.472. The summed E-state index contributed by atoms with van der Waals surface area (Å²) >= 11 is 12.6. The van der Waals surface area contributed by atoms with E-state index in [0.717, 1.165) is 19.1 Å². The topological polar surface area (TPSA) is 85.4 Å². The van der Waals surface area contributed by atoms with Crippen molar-refractivity contribution < 1.29 is 31.5 Å². The van der Waals surface area contributed by atoms with Gasteiger partial charge in [-0.15, -0.1) is 0 Å². The number of carbonyl (C=O) groups excluding carboxylic acids is 1. The van der Waals surface area contributed by atoms with Crippen LogP contribution >= 0.6 is 23.2 Å². The number of amides is 1. The lowest BCUT2D eigenvalue weighted by molar-refractivity contribution is -0.130. The average molecular weight is 735 g/mol. The summed E-state index contributed by atoms with van der Waals surface area (Å²) in [4.78, 5) is 16.1. The normalized spacial score (nSPS) is 23.4. The summed E-state index contributed by atoms with van der Waals surface area (Å²) < 4.78 is 62.0. The fourth-order valence-electron chi connectivity index (χ4n) is 6.01. The van der Waals surface area contributed by atoms with Gasteiger partial charge in [0.1, 0.15) is 11.4 Å². The summed E-state index contributed by atoms with van der Waals surface area (Å²) in [6, 6.07) is 14.4. The van der Waals surface area contributed by atoms with Crippen molar-refractivity contribution in [2.24, 2.45) is 5.41 Å². The predicted octanol–water partition coefficient (Wildman–Crippen LogP) is 8.46. The van der Waals surface area contributed by atoms with E-state index in [1.807, 2.05) is 6.92 Å². The molecule has 0 bridgehead atoms. The Morgan fingerprint density at radius 3 is 2.17 bits per heavy atom. The number of ether oxygens (including phenoxy) is 2. The Labute approximate surface area is 293 Å². The van der Waals surface area contributed by atoms with E-state index < -0.39 is 41.2 Å². The van der Waals surface area contributed by atoms with Crippen molar-refractivity contribution in [1.82, 2.24) is 4.90 Å². The van der Waals surface area contributed by atoms with E-state index in [1.54, 1.807) is 42.5 Å². The Hall–Kier alpha value is -2.31. The Morgan fingerprint density at radius 2 is 1.60 bits per heavy atom. The van der Waals surface area contributed by atoms with Crippen LogP contribution in [0.4, 0.5) is 4.39 Å². The lowest BCUT2D eigenvalue weighted by Gasteiger charge is -2.41. The zero-order valence-electron chi connectivity index (χ0n) is 28.4. The summed E-state index contributed by atoms with van der Waals surface area (Å²) in [5.41, 5.74) is -1.23. The van der Waals surface area contributed by atoms with E-state index in [4.69, 9.17) is 37.1 Å². The maximum absolute atomic E-state index is 16.8. The van der Waals surface area contributed by atoms with Gasteiger partial charge in [0.05, 0.1) is 35.8 Å². The van der Waals surface area contributed by atoms with Gasteiger partial charge in [0.2, 0.25) is 0 Å². The third-order valence-corrected chi connectivity index (χ3v) is 16.7. The van der Waals surface area contributed by atoms with E-state index in [9.17, 15) is 13.2 Å². The second-order valence-corrected chi connectivity index (χ2v) is 23.0. The minimum Gasteiger partial charge on any atom is -0.416 e. The van der Waals surface area contributed by atoms with Crippen LogP contribution in [0, 0.1) is 11.2 Å². The van der Waals surface area contributed by atoms with Crippen LogP contribution in [-0.2, 0) is 41.6 Å². The monoisotopic (exact) mass is 733 g/mol. The molecule has 2 aliphatic heterocycles. The van der Waals surface area contributed by atoms with Crippen molar-refractivity contribution >= 4 is 47.3 Å². The molecule has 0 N–H and O–H groups in total. The summed E-state index contributed by atoms with van der Waals surface area (Å²) in [5.74, 6) is -1.12. The minimum atomic E-state index is -3.76. The van der Waals surface area contributed by atoms with Gasteiger partial charge < -0.3 is 13.9 Å². The van der Waals surface area contributed by atoms with Gasteiger partial charge in [-0.3, -0.25) is 9.69 Å². The second kappa shape index (κ2) is 11.9. The standard InChI is InChI=1S/C36H42Cl2FNO6SSi/c1-33(2,3)48(6,7)46-22-35(14-15-35)21-45-36(24-9-12-26(37)13-10-24)31-28(16-25(17-29(31)39)34(4)20-44-34)32(41)40(36)19-23-8-11-27(38)18-30(23)47(5,42)43/h8-13,16-18H,14-15,19-22H2,1-7H3/t34?,36-/m1/s1. The number of benzene rings is 3. The van der Waals surface area contributed by atoms with Gasteiger partial charge in [0, 0.05) is 33.9 Å². The number of hydrogen-bond acceptors (Lipinski definition) is 6. The molecule has 48 heavy (non-hydrogen) atoms. The molecule has 258 valence electrons. The van der Waals surface area contributed by atoms with Gasteiger partial charge in [0.15, 0.2) is 23.9 Å². The Kier molecular flexibility index (Phi) is 8.80. The first-order chi connectivity index (χ1) is 22.2. The first kappa shape index (κ1) is 35.5. The van der Waals surface area contributed by atoms with Gasteiger partial charge in [-0.1, -0.05) is 62.2 Å². The van der Waals surface area contributed by atoms with Gasteiger partial charge in [-0.05, 0) is 85.4 Å². The molecule has 2 fully saturated rings. The summed E-state index contributed by atoms with van der Waals surface area (Å²) in [6.07, 6.45) is 2.80. The number of hydrogen-bond donors (Lipinski definition) is 0. The third kappa shape index (κ3) is 6.38. The quantitative estimate of drug-likeness (QED) is 0.145. The van der Waals surface area contributed by atoms with Crippen LogP contribution in [0.5, 0.6) is 0 Å². The Balaban J connectivity index is 1.51. The summed E-state index contributed by atoms with van der Waals surface area (Å²) in [5, 5.41) is 0.708.